The Morgan fingerprint density at radius 1 is 1.44 bits per heavy atom. The van der Waals surface area contributed by atoms with Gasteiger partial charge in [0.1, 0.15) is 0 Å². The second-order valence-corrected chi connectivity index (χ2v) is 6.22. The van der Waals surface area contributed by atoms with Crippen molar-refractivity contribution >= 4 is 17.5 Å². The van der Waals surface area contributed by atoms with Gasteiger partial charge >= 0.3 is 0 Å². The van der Waals surface area contributed by atoms with E-state index in [9.17, 15) is 4.79 Å². The molecular weight excluding hydrogens is 248 g/mol. The molecule has 0 saturated carbocycles. The summed E-state index contributed by atoms with van der Waals surface area (Å²) in [5.41, 5.74) is 2.49. The first-order valence-electron chi connectivity index (χ1n) is 6.29. The fourth-order valence-corrected chi connectivity index (χ4v) is 3.29. The van der Waals surface area contributed by atoms with Gasteiger partial charge in [-0.2, -0.15) is 0 Å². The number of benzene rings is 1. The molecule has 1 amide bonds. The Morgan fingerprint density at radius 3 is 3.00 bits per heavy atom. The van der Waals surface area contributed by atoms with Crippen molar-refractivity contribution in [3.63, 3.8) is 0 Å². The Kier molecular flexibility index (Phi) is 2.65. The van der Waals surface area contributed by atoms with Crippen molar-refractivity contribution in [1.82, 2.24) is 10.2 Å². The summed E-state index contributed by atoms with van der Waals surface area (Å²) < 4.78 is 0. The highest BCUT2D eigenvalue weighted by Gasteiger charge is 2.41. The molecule has 96 valence electrons. The van der Waals surface area contributed by atoms with Crippen LogP contribution in [-0.2, 0) is 10.2 Å². The summed E-state index contributed by atoms with van der Waals surface area (Å²) in [5, 5.41) is 3.93. The summed E-state index contributed by atoms with van der Waals surface area (Å²) in [7, 11) is 0. The average Bonchev–Trinajstić information content (AvgIpc) is 2.30. The molecule has 2 aliphatic rings. The molecule has 1 fully saturated rings. The van der Waals surface area contributed by atoms with E-state index >= 15 is 0 Å². The molecule has 0 bridgehead atoms. The van der Waals surface area contributed by atoms with Crippen molar-refractivity contribution in [3.05, 3.63) is 34.3 Å². The quantitative estimate of drug-likeness (QED) is 0.778. The van der Waals surface area contributed by atoms with Crippen LogP contribution in [0.25, 0.3) is 0 Å². The smallest absolute Gasteiger partial charge is 0.237 e. The molecule has 1 aromatic carbocycles. The topological polar surface area (TPSA) is 32.3 Å². The predicted molar refractivity (Wildman–Crippen MR) is 71.8 cm³/mol. The van der Waals surface area contributed by atoms with Gasteiger partial charge in [-0.05, 0) is 23.3 Å². The van der Waals surface area contributed by atoms with Crippen LogP contribution in [0.5, 0.6) is 0 Å². The third-order valence-electron chi connectivity index (χ3n) is 3.98. The molecule has 0 unspecified atom stereocenters. The van der Waals surface area contributed by atoms with E-state index in [1.165, 1.54) is 11.1 Å². The van der Waals surface area contributed by atoms with Gasteiger partial charge in [-0.1, -0.05) is 31.5 Å². The highest BCUT2D eigenvalue weighted by Crippen LogP contribution is 2.41. The van der Waals surface area contributed by atoms with Crippen LogP contribution in [0.15, 0.2) is 18.2 Å². The monoisotopic (exact) mass is 264 g/mol. The maximum atomic E-state index is 12.0. The molecular formula is C14H17ClN2O. The Hall–Kier alpha value is -1.06. The van der Waals surface area contributed by atoms with E-state index in [1.54, 1.807) is 0 Å². The molecule has 0 radical (unpaired) electrons. The van der Waals surface area contributed by atoms with Gasteiger partial charge in [-0.3, -0.25) is 4.79 Å². The number of halogens is 1. The van der Waals surface area contributed by atoms with Crippen LogP contribution in [-0.4, -0.2) is 30.4 Å². The minimum atomic E-state index is -0.0105. The molecule has 3 rings (SSSR count). The second-order valence-electron chi connectivity index (χ2n) is 5.78. The fraction of sp³-hybridized carbons (Fsp3) is 0.500. The van der Waals surface area contributed by atoms with Gasteiger partial charge in [0.2, 0.25) is 5.91 Å². The summed E-state index contributed by atoms with van der Waals surface area (Å²) in [6.07, 6.45) is 0. The van der Waals surface area contributed by atoms with Crippen LogP contribution < -0.4 is 5.32 Å². The summed E-state index contributed by atoms with van der Waals surface area (Å²) in [6, 6.07) is 6.19. The molecule has 2 aliphatic heterocycles. The molecule has 1 atom stereocenters. The van der Waals surface area contributed by atoms with Crippen LogP contribution in [0.4, 0.5) is 0 Å². The van der Waals surface area contributed by atoms with E-state index in [1.807, 2.05) is 17.0 Å². The lowest BCUT2D eigenvalue weighted by molar-refractivity contribution is -0.136. The number of piperazine rings is 1. The number of nitrogens with one attached hydrogen (secondary N) is 1. The minimum absolute atomic E-state index is 0.0105. The largest absolute Gasteiger partial charge is 0.332 e. The zero-order valence-electron chi connectivity index (χ0n) is 10.7. The molecule has 18 heavy (non-hydrogen) atoms. The highest BCUT2D eigenvalue weighted by molar-refractivity contribution is 6.30. The second kappa shape index (κ2) is 3.97. The van der Waals surface area contributed by atoms with Crippen LogP contribution in [0.1, 0.15) is 31.0 Å². The highest BCUT2D eigenvalue weighted by atomic mass is 35.5. The summed E-state index contributed by atoms with van der Waals surface area (Å²) in [5.74, 6) is 0.185. The standard InChI is InChI=1S/C14H17ClN2O/c1-14(2)8-17-12(6-16-7-13(17)18)10-5-9(15)3-4-11(10)14/h3-5,12,16H,6-8H2,1-2H3/t12-/m0/s1. The lowest BCUT2D eigenvalue weighted by Gasteiger charge is -2.47. The van der Waals surface area contributed by atoms with E-state index < -0.39 is 0 Å². The van der Waals surface area contributed by atoms with Crippen molar-refractivity contribution in [2.45, 2.75) is 25.3 Å². The zero-order chi connectivity index (χ0) is 12.9. The average molecular weight is 265 g/mol. The predicted octanol–water partition coefficient (Wildman–Crippen LogP) is 2.10. The molecule has 1 aromatic rings. The number of carbonyl (C=O) groups excluding carboxylic acids is 1. The normalized spacial score (nSPS) is 25.6. The van der Waals surface area contributed by atoms with Gasteiger partial charge in [-0.25, -0.2) is 0 Å². The molecule has 1 N–H and O–H groups in total. The number of hydrogen-bond donors (Lipinski definition) is 1. The van der Waals surface area contributed by atoms with Crippen molar-refractivity contribution in [3.8, 4) is 0 Å². The lowest BCUT2D eigenvalue weighted by Crippen LogP contribution is -2.56. The minimum Gasteiger partial charge on any atom is -0.332 e. The Morgan fingerprint density at radius 2 is 2.22 bits per heavy atom. The first kappa shape index (κ1) is 12.0. The number of hydrogen-bond acceptors (Lipinski definition) is 2. The van der Waals surface area contributed by atoms with Crippen molar-refractivity contribution in [2.24, 2.45) is 0 Å². The number of carbonyl (C=O) groups is 1. The van der Waals surface area contributed by atoms with Gasteiger partial charge in [0, 0.05) is 23.5 Å². The number of amides is 1. The SMILES string of the molecule is CC1(C)CN2C(=O)CNC[C@H]2c2cc(Cl)ccc21. The van der Waals surface area contributed by atoms with E-state index in [4.69, 9.17) is 11.6 Å². The maximum absolute atomic E-state index is 12.0. The van der Waals surface area contributed by atoms with Gasteiger partial charge < -0.3 is 10.2 Å². The zero-order valence-corrected chi connectivity index (χ0v) is 11.4. The molecule has 2 heterocycles. The third kappa shape index (κ3) is 1.73. The third-order valence-corrected chi connectivity index (χ3v) is 4.21. The van der Waals surface area contributed by atoms with Gasteiger partial charge in [0.25, 0.3) is 0 Å². The molecule has 3 nitrogen and oxygen atoms in total. The number of rotatable bonds is 0. The van der Waals surface area contributed by atoms with Gasteiger partial charge in [0.15, 0.2) is 0 Å². The van der Waals surface area contributed by atoms with E-state index in [0.717, 1.165) is 18.1 Å². The van der Waals surface area contributed by atoms with Crippen LogP contribution in [0.2, 0.25) is 5.02 Å². The van der Waals surface area contributed by atoms with Crippen LogP contribution in [0.3, 0.4) is 0 Å². The van der Waals surface area contributed by atoms with Crippen molar-refractivity contribution in [1.29, 1.82) is 0 Å². The lowest BCUT2D eigenvalue weighted by atomic mass is 9.75. The summed E-state index contributed by atoms with van der Waals surface area (Å²) >= 11 is 6.11. The summed E-state index contributed by atoms with van der Waals surface area (Å²) in [6.45, 7) is 6.42. The maximum Gasteiger partial charge on any atom is 0.237 e. The fourth-order valence-electron chi connectivity index (χ4n) is 3.11. The molecule has 0 spiro atoms. The van der Waals surface area contributed by atoms with Crippen LogP contribution in [0, 0.1) is 0 Å². The summed E-state index contributed by atoms with van der Waals surface area (Å²) in [4.78, 5) is 14.0. The Balaban J connectivity index is 2.15. The van der Waals surface area contributed by atoms with Gasteiger partial charge in [0.05, 0.1) is 12.6 Å². The van der Waals surface area contributed by atoms with Crippen LogP contribution >= 0.6 is 11.6 Å². The number of fused-ring (bicyclic) bond motifs is 3. The number of nitrogens with zero attached hydrogens (tertiary/aromatic N) is 1. The molecule has 1 saturated heterocycles. The Labute approximate surface area is 112 Å². The molecule has 4 heteroatoms. The van der Waals surface area contributed by atoms with E-state index in [2.05, 4.69) is 25.2 Å². The van der Waals surface area contributed by atoms with Crippen molar-refractivity contribution < 1.29 is 4.79 Å². The molecule has 0 aliphatic carbocycles. The van der Waals surface area contributed by atoms with Gasteiger partial charge in [-0.15, -0.1) is 0 Å². The Bertz CT molecular complexity index is 513. The molecule has 0 aromatic heterocycles. The van der Waals surface area contributed by atoms with E-state index in [0.29, 0.717) is 6.54 Å². The van der Waals surface area contributed by atoms with E-state index in [-0.39, 0.29) is 17.4 Å². The first-order chi connectivity index (χ1) is 8.49. The first-order valence-corrected chi connectivity index (χ1v) is 6.67. The van der Waals surface area contributed by atoms with Crippen molar-refractivity contribution in [2.75, 3.05) is 19.6 Å².